The number of carbonyl (C=O) groups excluding carboxylic acids is 3. The van der Waals surface area contributed by atoms with Gasteiger partial charge in [0.1, 0.15) is 11.6 Å². The van der Waals surface area contributed by atoms with E-state index in [0.717, 1.165) is 4.90 Å². The van der Waals surface area contributed by atoms with Gasteiger partial charge in [-0.1, -0.05) is 6.08 Å². The maximum absolute atomic E-state index is 13.1. The van der Waals surface area contributed by atoms with Gasteiger partial charge in [-0.2, -0.15) is 0 Å². The summed E-state index contributed by atoms with van der Waals surface area (Å²) in [5.74, 6) is -0.537. The van der Waals surface area contributed by atoms with Crippen molar-refractivity contribution in [2.24, 2.45) is 5.92 Å². The third kappa shape index (κ3) is 4.55. The summed E-state index contributed by atoms with van der Waals surface area (Å²) in [5.41, 5.74) is -0.733. The Labute approximate surface area is 153 Å². The molecule has 1 aliphatic carbocycles. The molecule has 0 aromatic rings. The van der Waals surface area contributed by atoms with Crippen molar-refractivity contribution >= 4 is 18.1 Å². The first-order valence-corrected chi connectivity index (χ1v) is 8.89. The topological polar surface area (TPSA) is 96.4 Å². The van der Waals surface area contributed by atoms with Crippen molar-refractivity contribution in [1.82, 2.24) is 9.80 Å². The van der Waals surface area contributed by atoms with Crippen molar-refractivity contribution in [3.63, 3.8) is 0 Å². The SMILES string of the molecule is C=CC1CC1N(C(=O)OCC)C(=O)[C@@H]1C[C@@H](O)CN1C(=O)OC(C)(C)C. The summed E-state index contributed by atoms with van der Waals surface area (Å²) in [5, 5.41) is 9.99. The van der Waals surface area contributed by atoms with E-state index in [-0.39, 0.29) is 31.5 Å². The van der Waals surface area contributed by atoms with E-state index in [1.165, 1.54) is 4.90 Å². The zero-order chi connectivity index (χ0) is 19.6. The fourth-order valence-electron chi connectivity index (χ4n) is 3.06. The van der Waals surface area contributed by atoms with Crippen LogP contribution in [0.15, 0.2) is 12.7 Å². The molecule has 1 saturated carbocycles. The number of rotatable bonds is 4. The number of β-amino-alcohol motifs (C(OH)–C–C–N with tert-alkyl or cyclic N) is 1. The minimum Gasteiger partial charge on any atom is -0.449 e. The number of likely N-dealkylation sites (tertiary alicyclic amines) is 1. The third-order valence-corrected chi connectivity index (χ3v) is 4.33. The van der Waals surface area contributed by atoms with Crippen LogP contribution in [0.4, 0.5) is 9.59 Å². The molecule has 3 amide bonds. The average molecular weight is 368 g/mol. The zero-order valence-corrected chi connectivity index (χ0v) is 15.8. The summed E-state index contributed by atoms with van der Waals surface area (Å²) in [6, 6.07) is -1.28. The zero-order valence-electron chi connectivity index (χ0n) is 15.8. The van der Waals surface area contributed by atoms with E-state index in [0.29, 0.717) is 6.42 Å². The van der Waals surface area contributed by atoms with Crippen molar-refractivity contribution in [3.05, 3.63) is 12.7 Å². The fourth-order valence-corrected chi connectivity index (χ4v) is 3.06. The molecular formula is C18H28N2O6. The molecule has 1 saturated heterocycles. The Kier molecular flexibility index (Phi) is 5.95. The molecule has 146 valence electrons. The molecule has 2 unspecified atom stereocenters. The highest BCUT2D eigenvalue weighted by Crippen LogP contribution is 2.38. The van der Waals surface area contributed by atoms with Gasteiger partial charge in [-0.3, -0.25) is 9.69 Å². The van der Waals surface area contributed by atoms with E-state index in [1.807, 2.05) is 0 Å². The second kappa shape index (κ2) is 7.65. The molecule has 0 radical (unpaired) electrons. The van der Waals surface area contributed by atoms with Gasteiger partial charge in [-0.25, -0.2) is 14.5 Å². The standard InChI is InChI=1S/C18H28N2O6/c1-6-11-8-13(11)20(17(24)25-7-2)15(22)14-9-12(21)10-19(14)16(23)26-18(3,4)5/h6,11-14,21H,1,7-10H2,2-5H3/t11?,12-,13?,14+/m1/s1. The van der Waals surface area contributed by atoms with Crippen LogP contribution in [0.5, 0.6) is 0 Å². The maximum Gasteiger partial charge on any atom is 0.416 e. The van der Waals surface area contributed by atoms with Crippen LogP contribution in [-0.2, 0) is 14.3 Å². The van der Waals surface area contributed by atoms with Crippen molar-refractivity contribution < 1.29 is 29.0 Å². The first kappa shape index (κ1) is 20.2. The number of aliphatic hydroxyl groups is 1. The van der Waals surface area contributed by atoms with E-state index >= 15 is 0 Å². The Morgan fingerprint density at radius 2 is 1.96 bits per heavy atom. The molecule has 8 nitrogen and oxygen atoms in total. The monoisotopic (exact) mass is 368 g/mol. The highest BCUT2D eigenvalue weighted by molar-refractivity contribution is 5.97. The van der Waals surface area contributed by atoms with Crippen molar-refractivity contribution in [2.75, 3.05) is 13.2 Å². The number of hydrogen-bond acceptors (Lipinski definition) is 6. The Morgan fingerprint density at radius 3 is 2.46 bits per heavy atom. The Bertz CT molecular complexity index is 585. The summed E-state index contributed by atoms with van der Waals surface area (Å²) < 4.78 is 10.3. The highest BCUT2D eigenvalue weighted by atomic mass is 16.6. The number of ether oxygens (including phenoxy) is 2. The lowest BCUT2D eigenvalue weighted by atomic mass is 10.1. The number of nitrogens with zero attached hydrogens (tertiary/aromatic N) is 2. The molecular weight excluding hydrogens is 340 g/mol. The Morgan fingerprint density at radius 1 is 1.31 bits per heavy atom. The van der Waals surface area contributed by atoms with Crippen LogP contribution in [0.25, 0.3) is 0 Å². The number of amides is 3. The van der Waals surface area contributed by atoms with Crippen LogP contribution < -0.4 is 0 Å². The van der Waals surface area contributed by atoms with Crippen LogP contribution >= 0.6 is 0 Å². The largest absolute Gasteiger partial charge is 0.449 e. The van der Waals surface area contributed by atoms with Gasteiger partial charge in [0.25, 0.3) is 5.91 Å². The maximum atomic E-state index is 13.1. The average Bonchev–Trinajstić information content (AvgIpc) is 3.17. The van der Waals surface area contributed by atoms with E-state index in [1.54, 1.807) is 33.8 Å². The summed E-state index contributed by atoms with van der Waals surface area (Å²) >= 11 is 0. The molecule has 1 aliphatic heterocycles. The summed E-state index contributed by atoms with van der Waals surface area (Å²) in [7, 11) is 0. The predicted octanol–water partition coefficient (Wildman–Crippen LogP) is 1.92. The van der Waals surface area contributed by atoms with Gasteiger partial charge < -0.3 is 14.6 Å². The lowest BCUT2D eigenvalue weighted by Crippen LogP contribution is -2.52. The summed E-state index contributed by atoms with van der Waals surface area (Å²) in [6.07, 6.45) is 0.0914. The minimum absolute atomic E-state index is 0.0163. The van der Waals surface area contributed by atoms with Gasteiger partial charge >= 0.3 is 12.2 Å². The highest BCUT2D eigenvalue weighted by Gasteiger charge is 2.51. The van der Waals surface area contributed by atoms with Gasteiger partial charge in [0.05, 0.1) is 25.3 Å². The second-order valence-electron chi connectivity index (χ2n) is 7.65. The molecule has 0 spiro atoms. The molecule has 4 atom stereocenters. The Hall–Kier alpha value is -2.09. The second-order valence-corrected chi connectivity index (χ2v) is 7.65. The van der Waals surface area contributed by atoms with Crippen LogP contribution in [-0.4, -0.2) is 69.9 Å². The molecule has 1 N–H and O–H groups in total. The van der Waals surface area contributed by atoms with E-state index < -0.39 is 35.8 Å². The molecule has 0 bridgehead atoms. The van der Waals surface area contributed by atoms with E-state index in [9.17, 15) is 19.5 Å². The van der Waals surface area contributed by atoms with Gasteiger partial charge in [-0.15, -0.1) is 6.58 Å². The van der Waals surface area contributed by atoms with Crippen LogP contribution in [0, 0.1) is 5.92 Å². The van der Waals surface area contributed by atoms with Crippen LogP contribution in [0.3, 0.4) is 0 Å². The van der Waals surface area contributed by atoms with E-state index in [2.05, 4.69) is 6.58 Å². The third-order valence-electron chi connectivity index (χ3n) is 4.33. The smallest absolute Gasteiger partial charge is 0.416 e. The number of imide groups is 1. The van der Waals surface area contributed by atoms with Crippen LogP contribution in [0.2, 0.25) is 0 Å². The van der Waals surface area contributed by atoms with Crippen molar-refractivity contribution in [3.8, 4) is 0 Å². The van der Waals surface area contributed by atoms with Gasteiger partial charge in [0.15, 0.2) is 0 Å². The molecule has 2 rings (SSSR count). The van der Waals surface area contributed by atoms with Gasteiger partial charge in [0, 0.05) is 6.42 Å². The Balaban J connectivity index is 2.20. The van der Waals surface area contributed by atoms with Gasteiger partial charge in [-0.05, 0) is 40.0 Å². The van der Waals surface area contributed by atoms with E-state index in [4.69, 9.17) is 9.47 Å². The predicted molar refractivity (Wildman–Crippen MR) is 93.3 cm³/mol. The van der Waals surface area contributed by atoms with Crippen molar-refractivity contribution in [2.45, 2.75) is 64.3 Å². The molecule has 8 heteroatoms. The molecule has 2 fully saturated rings. The lowest BCUT2D eigenvalue weighted by Gasteiger charge is -2.30. The number of carbonyl (C=O) groups is 3. The molecule has 2 aliphatic rings. The van der Waals surface area contributed by atoms with Crippen LogP contribution in [0.1, 0.15) is 40.5 Å². The van der Waals surface area contributed by atoms with Gasteiger partial charge in [0.2, 0.25) is 0 Å². The quantitative estimate of drug-likeness (QED) is 0.762. The first-order valence-electron chi connectivity index (χ1n) is 8.89. The molecule has 26 heavy (non-hydrogen) atoms. The fraction of sp³-hybridized carbons (Fsp3) is 0.722. The summed E-state index contributed by atoms with van der Waals surface area (Å²) in [4.78, 5) is 40.1. The normalized spacial score (nSPS) is 27.7. The lowest BCUT2D eigenvalue weighted by molar-refractivity contribution is -0.134. The molecule has 0 aromatic carbocycles. The summed E-state index contributed by atoms with van der Waals surface area (Å²) in [6.45, 7) is 10.6. The molecule has 0 aromatic heterocycles. The first-order chi connectivity index (χ1) is 12.1. The number of hydrogen-bond donors (Lipinski definition) is 1. The minimum atomic E-state index is -0.963. The number of aliphatic hydroxyl groups excluding tert-OH is 1. The molecule has 1 heterocycles. The van der Waals surface area contributed by atoms with Crippen molar-refractivity contribution in [1.29, 1.82) is 0 Å².